The highest BCUT2D eigenvalue weighted by Crippen LogP contribution is 2.29. The summed E-state index contributed by atoms with van der Waals surface area (Å²) < 4.78 is 5.89. The highest BCUT2D eigenvalue weighted by Gasteiger charge is 2.18. The van der Waals surface area contributed by atoms with E-state index in [4.69, 9.17) is 16.3 Å². The van der Waals surface area contributed by atoms with Crippen LogP contribution in [0.2, 0.25) is 5.02 Å². The summed E-state index contributed by atoms with van der Waals surface area (Å²) in [7, 11) is 0. The zero-order valence-corrected chi connectivity index (χ0v) is 10.8. The number of rotatable bonds is 2. The molecule has 2 rings (SSSR count). The van der Waals surface area contributed by atoms with Crippen molar-refractivity contribution in [3.63, 3.8) is 0 Å². The third-order valence-electron chi connectivity index (χ3n) is 2.42. The molecule has 0 amide bonds. The predicted octanol–water partition coefficient (Wildman–Crippen LogP) is 3.98. The molecule has 1 heterocycles. The second-order valence-electron chi connectivity index (χ2n) is 3.55. The predicted molar refractivity (Wildman–Crippen MR) is 66.8 cm³/mol. The Morgan fingerprint density at radius 1 is 1.44 bits per heavy atom. The normalized spacial score (nSPS) is 15.2. The van der Waals surface area contributed by atoms with Crippen molar-refractivity contribution < 1.29 is 9.53 Å². The van der Waals surface area contributed by atoms with Gasteiger partial charge in [0.1, 0.15) is 0 Å². The van der Waals surface area contributed by atoms with Crippen LogP contribution in [0.1, 0.15) is 23.2 Å². The number of allylic oxidation sites excluding steroid dienone is 1. The summed E-state index contributed by atoms with van der Waals surface area (Å²) in [6, 6.07) is 5.34. The maximum absolute atomic E-state index is 12.1. The lowest BCUT2D eigenvalue weighted by Gasteiger charge is -2.13. The van der Waals surface area contributed by atoms with Gasteiger partial charge in [-0.2, -0.15) is 0 Å². The van der Waals surface area contributed by atoms with Gasteiger partial charge >= 0.3 is 0 Å². The van der Waals surface area contributed by atoms with E-state index in [1.165, 1.54) is 0 Å². The van der Waals surface area contributed by atoms with Gasteiger partial charge in [0.2, 0.25) is 0 Å². The monoisotopic (exact) mass is 300 g/mol. The smallest absolute Gasteiger partial charge is 0.193 e. The fraction of sp³-hybridized carbons (Fsp3) is 0.250. The van der Waals surface area contributed by atoms with E-state index in [-0.39, 0.29) is 5.78 Å². The molecule has 1 aromatic rings. The van der Waals surface area contributed by atoms with Gasteiger partial charge < -0.3 is 4.74 Å². The molecule has 0 atom stereocenters. The number of hydrogen-bond donors (Lipinski definition) is 0. The van der Waals surface area contributed by atoms with Crippen molar-refractivity contribution in [2.24, 2.45) is 0 Å². The van der Waals surface area contributed by atoms with Crippen LogP contribution in [-0.4, -0.2) is 12.4 Å². The molecule has 0 fully saturated rings. The maximum atomic E-state index is 12.1. The van der Waals surface area contributed by atoms with E-state index >= 15 is 0 Å². The third-order valence-corrected chi connectivity index (χ3v) is 3.72. The van der Waals surface area contributed by atoms with Gasteiger partial charge in [0, 0.05) is 15.6 Å². The molecule has 0 saturated heterocycles. The van der Waals surface area contributed by atoms with Crippen LogP contribution >= 0.6 is 27.5 Å². The van der Waals surface area contributed by atoms with Crippen molar-refractivity contribution in [2.45, 2.75) is 12.8 Å². The van der Waals surface area contributed by atoms with Crippen molar-refractivity contribution in [3.05, 3.63) is 45.1 Å². The molecule has 0 spiro atoms. The molecule has 4 heteroatoms. The molecule has 16 heavy (non-hydrogen) atoms. The van der Waals surface area contributed by atoms with Crippen LogP contribution in [0.15, 0.2) is 34.5 Å². The standard InChI is InChI=1S/C12H10BrClO2/c13-10-5-1-4-9(11(10)14)12(15)8-3-2-6-16-7-8/h1,4-5,7H,2-3,6H2. The van der Waals surface area contributed by atoms with E-state index in [9.17, 15) is 4.79 Å². The van der Waals surface area contributed by atoms with E-state index in [0.29, 0.717) is 22.8 Å². The Labute approximate surface area is 107 Å². The summed E-state index contributed by atoms with van der Waals surface area (Å²) in [6.45, 7) is 0.684. The van der Waals surface area contributed by atoms with Crippen LogP contribution in [0.5, 0.6) is 0 Å². The summed E-state index contributed by atoms with van der Waals surface area (Å²) in [5.41, 5.74) is 1.21. The Balaban J connectivity index is 2.33. The second kappa shape index (κ2) is 5.02. The Morgan fingerprint density at radius 2 is 2.25 bits per heavy atom. The summed E-state index contributed by atoms with van der Waals surface area (Å²) in [4.78, 5) is 12.1. The molecule has 0 radical (unpaired) electrons. The highest BCUT2D eigenvalue weighted by molar-refractivity contribution is 9.10. The van der Waals surface area contributed by atoms with Gasteiger partial charge in [-0.25, -0.2) is 0 Å². The van der Waals surface area contributed by atoms with Gasteiger partial charge in [-0.1, -0.05) is 17.7 Å². The van der Waals surface area contributed by atoms with Crippen molar-refractivity contribution in [3.8, 4) is 0 Å². The van der Waals surface area contributed by atoms with Gasteiger partial charge in [0.05, 0.1) is 17.9 Å². The minimum Gasteiger partial charge on any atom is -0.501 e. The second-order valence-corrected chi connectivity index (χ2v) is 4.78. The summed E-state index contributed by atoms with van der Waals surface area (Å²) in [6.07, 6.45) is 3.17. The molecule has 1 aliphatic heterocycles. The van der Waals surface area contributed by atoms with E-state index in [1.54, 1.807) is 18.4 Å². The lowest BCUT2D eigenvalue weighted by Crippen LogP contribution is -2.09. The number of benzene rings is 1. The first-order valence-electron chi connectivity index (χ1n) is 4.99. The number of carbonyl (C=O) groups excluding carboxylic acids is 1. The molecule has 0 aliphatic carbocycles. The van der Waals surface area contributed by atoms with Crippen molar-refractivity contribution in [1.82, 2.24) is 0 Å². The Kier molecular flexibility index (Phi) is 3.66. The SMILES string of the molecule is O=C(C1=COCCC1)c1cccc(Br)c1Cl. The molecule has 2 nitrogen and oxygen atoms in total. The maximum Gasteiger partial charge on any atom is 0.193 e. The first-order valence-corrected chi connectivity index (χ1v) is 6.16. The van der Waals surface area contributed by atoms with Gasteiger partial charge in [-0.15, -0.1) is 0 Å². The first kappa shape index (κ1) is 11.7. The molecular formula is C12H10BrClO2. The fourth-order valence-electron chi connectivity index (χ4n) is 1.58. The average Bonchev–Trinajstić information content (AvgIpc) is 2.33. The Bertz CT molecular complexity index is 454. The zero-order chi connectivity index (χ0) is 11.5. The van der Waals surface area contributed by atoms with E-state index in [1.807, 2.05) is 6.07 Å². The zero-order valence-electron chi connectivity index (χ0n) is 8.50. The van der Waals surface area contributed by atoms with Gasteiger partial charge in [-0.3, -0.25) is 4.79 Å². The largest absolute Gasteiger partial charge is 0.501 e. The molecule has 1 aliphatic rings. The molecule has 0 bridgehead atoms. The summed E-state index contributed by atoms with van der Waals surface area (Å²) in [5, 5.41) is 0.457. The van der Waals surface area contributed by atoms with Crippen LogP contribution in [0.4, 0.5) is 0 Å². The van der Waals surface area contributed by atoms with Crippen LogP contribution in [0.25, 0.3) is 0 Å². The number of ketones is 1. The van der Waals surface area contributed by atoms with Gasteiger partial charge in [0.15, 0.2) is 5.78 Å². The fourth-order valence-corrected chi connectivity index (χ4v) is 2.16. The number of ether oxygens (including phenoxy) is 1. The summed E-state index contributed by atoms with van der Waals surface area (Å²) in [5.74, 6) is -0.0500. The topological polar surface area (TPSA) is 26.3 Å². The van der Waals surface area contributed by atoms with Gasteiger partial charge in [0.25, 0.3) is 0 Å². The summed E-state index contributed by atoms with van der Waals surface area (Å²) >= 11 is 9.38. The third kappa shape index (κ3) is 2.30. The van der Waals surface area contributed by atoms with Gasteiger partial charge in [-0.05, 0) is 40.9 Å². The van der Waals surface area contributed by atoms with Crippen molar-refractivity contribution in [2.75, 3.05) is 6.61 Å². The molecule has 0 N–H and O–H groups in total. The number of Topliss-reactive ketones (excluding diaryl/α,β-unsaturated/α-hetero) is 1. The van der Waals surface area contributed by atoms with Crippen molar-refractivity contribution in [1.29, 1.82) is 0 Å². The lowest BCUT2D eigenvalue weighted by molar-refractivity contribution is 0.101. The van der Waals surface area contributed by atoms with Crippen LogP contribution in [0, 0.1) is 0 Å². The number of carbonyl (C=O) groups is 1. The van der Waals surface area contributed by atoms with Crippen LogP contribution in [0.3, 0.4) is 0 Å². The van der Waals surface area contributed by atoms with Crippen LogP contribution < -0.4 is 0 Å². The van der Waals surface area contributed by atoms with Crippen molar-refractivity contribution >= 4 is 33.3 Å². The molecular weight excluding hydrogens is 291 g/mol. The molecule has 84 valence electrons. The number of hydrogen-bond acceptors (Lipinski definition) is 2. The lowest BCUT2D eigenvalue weighted by atomic mass is 10.00. The first-order chi connectivity index (χ1) is 7.70. The molecule has 0 saturated carbocycles. The van der Waals surface area contributed by atoms with E-state index < -0.39 is 0 Å². The quantitative estimate of drug-likeness (QED) is 0.772. The Hall–Kier alpha value is -0.800. The molecule has 0 aromatic heterocycles. The Morgan fingerprint density at radius 3 is 2.94 bits per heavy atom. The minimum absolute atomic E-state index is 0.0500. The molecule has 1 aromatic carbocycles. The number of halogens is 2. The highest BCUT2D eigenvalue weighted by atomic mass is 79.9. The molecule has 0 unspecified atom stereocenters. The average molecular weight is 302 g/mol. The van der Waals surface area contributed by atoms with E-state index in [0.717, 1.165) is 17.3 Å². The minimum atomic E-state index is -0.0500. The van der Waals surface area contributed by atoms with Crippen LogP contribution in [-0.2, 0) is 4.74 Å². The van der Waals surface area contributed by atoms with E-state index in [2.05, 4.69) is 15.9 Å².